The first-order chi connectivity index (χ1) is 18.8. The molecule has 0 spiro atoms. The van der Waals surface area contributed by atoms with Crippen LogP contribution >= 0.6 is 0 Å². The van der Waals surface area contributed by atoms with Crippen molar-refractivity contribution in [3.05, 3.63) is 100.0 Å². The van der Waals surface area contributed by atoms with Crippen LogP contribution in [0.4, 0.5) is 4.39 Å². The quantitative estimate of drug-likeness (QED) is 0.283. The highest BCUT2D eigenvalue weighted by Crippen LogP contribution is 2.45. The Morgan fingerprint density at radius 1 is 1.08 bits per heavy atom. The van der Waals surface area contributed by atoms with Crippen molar-refractivity contribution in [3.8, 4) is 33.9 Å². The number of hydrogen-bond donors (Lipinski definition) is 1. The van der Waals surface area contributed by atoms with Crippen molar-refractivity contribution in [1.29, 1.82) is 0 Å². The number of aromatic nitrogens is 1. The standard InChI is InChI=1S/C33H30FNO4/c1-18-13-21(28-6-4-5-20(3)35-28)14-19(2)32(18)25-9-11-27(34)33-26(25)10-12-29(33)39-23-7-8-24-22(15-31(36)37)17-38-30(24)16-23/h4-9,11,13-14,16,22,29H,10,12,15,17H2,1-3H3,(H,36,37). The molecule has 0 fully saturated rings. The molecule has 4 aromatic rings. The maximum Gasteiger partial charge on any atom is 0.304 e. The van der Waals surface area contributed by atoms with Crippen LogP contribution in [0.2, 0.25) is 0 Å². The summed E-state index contributed by atoms with van der Waals surface area (Å²) in [5.74, 6) is -0.0441. The van der Waals surface area contributed by atoms with E-state index >= 15 is 4.39 Å². The highest BCUT2D eigenvalue weighted by Gasteiger charge is 2.32. The van der Waals surface area contributed by atoms with E-state index in [1.807, 2.05) is 43.3 Å². The van der Waals surface area contributed by atoms with Crippen molar-refractivity contribution >= 4 is 5.97 Å². The maximum atomic E-state index is 15.3. The largest absolute Gasteiger partial charge is 0.492 e. The molecule has 1 aromatic heterocycles. The Labute approximate surface area is 227 Å². The third-order valence-corrected chi connectivity index (χ3v) is 7.83. The Morgan fingerprint density at radius 3 is 2.62 bits per heavy atom. The third-order valence-electron chi connectivity index (χ3n) is 7.83. The average Bonchev–Trinajstić information content (AvgIpc) is 3.49. The van der Waals surface area contributed by atoms with E-state index in [1.165, 1.54) is 0 Å². The van der Waals surface area contributed by atoms with Crippen LogP contribution < -0.4 is 9.47 Å². The highest BCUT2D eigenvalue weighted by atomic mass is 19.1. The van der Waals surface area contributed by atoms with Crippen molar-refractivity contribution in [2.24, 2.45) is 0 Å². The van der Waals surface area contributed by atoms with Gasteiger partial charge in [-0.15, -0.1) is 0 Å². The van der Waals surface area contributed by atoms with E-state index in [2.05, 4.69) is 31.0 Å². The predicted molar refractivity (Wildman–Crippen MR) is 148 cm³/mol. The lowest BCUT2D eigenvalue weighted by Gasteiger charge is -2.19. The van der Waals surface area contributed by atoms with Crippen LogP contribution in [0.15, 0.2) is 60.7 Å². The fourth-order valence-electron chi connectivity index (χ4n) is 6.14. The van der Waals surface area contributed by atoms with E-state index in [9.17, 15) is 4.79 Å². The second-order valence-corrected chi connectivity index (χ2v) is 10.6. The molecule has 5 nitrogen and oxygen atoms in total. The van der Waals surface area contributed by atoms with E-state index in [4.69, 9.17) is 14.6 Å². The van der Waals surface area contributed by atoms with E-state index < -0.39 is 12.1 Å². The average molecular weight is 524 g/mol. The molecule has 198 valence electrons. The molecule has 1 aliphatic carbocycles. The maximum absolute atomic E-state index is 15.3. The molecule has 0 saturated carbocycles. The molecule has 39 heavy (non-hydrogen) atoms. The van der Waals surface area contributed by atoms with Gasteiger partial charge in [0.25, 0.3) is 0 Å². The van der Waals surface area contributed by atoms with Crippen LogP contribution in [0.3, 0.4) is 0 Å². The van der Waals surface area contributed by atoms with Gasteiger partial charge in [0, 0.05) is 34.4 Å². The van der Waals surface area contributed by atoms with Crippen LogP contribution in [0.5, 0.6) is 11.5 Å². The smallest absolute Gasteiger partial charge is 0.304 e. The van der Waals surface area contributed by atoms with Gasteiger partial charge < -0.3 is 14.6 Å². The van der Waals surface area contributed by atoms with Gasteiger partial charge >= 0.3 is 5.97 Å². The minimum atomic E-state index is -0.849. The number of benzene rings is 3. The van der Waals surface area contributed by atoms with Crippen molar-refractivity contribution in [3.63, 3.8) is 0 Å². The SMILES string of the molecule is Cc1cccc(-c2cc(C)c(-c3ccc(F)c4c3CCC4Oc3ccc4c(c3)OCC4CC(=O)O)c(C)c2)n1. The molecular formula is C33H30FNO4. The van der Waals surface area contributed by atoms with E-state index in [-0.39, 0.29) is 18.2 Å². The summed E-state index contributed by atoms with van der Waals surface area (Å²) in [5, 5.41) is 9.16. The number of nitrogens with zero attached hydrogens (tertiary/aromatic N) is 1. The van der Waals surface area contributed by atoms with Crippen molar-refractivity contribution in [1.82, 2.24) is 4.98 Å². The van der Waals surface area contributed by atoms with Crippen molar-refractivity contribution in [2.45, 2.75) is 52.1 Å². The summed E-state index contributed by atoms with van der Waals surface area (Å²) in [5.41, 5.74) is 9.89. The Bertz CT molecular complexity index is 1590. The lowest BCUT2D eigenvalue weighted by molar-refractivity contribution is -0.137. The number of carbonyl (C=O) groups is 1. The van der Waals surface area contributed by atoms with Crippen LogP contribution in [0.1, 0.15) is 58.4 Å². The van der Waals surface area contributed by atoms with Crippen molar-refractivity contribution in [2.75, 3.05) is 6.61 Å². The van der Waals surface area contributed by atoms with Crippen LogP contribution in [-0.4, -0.2) is 22.7 Å². The number of aliphatic carboxylic acids is 1. The molecule has 0 radical (unpaired) electrons. The van der Waals surface area contributed by atoms with Crippen LogP contribution in [0, 0.1) is 26.6 Å². The van der Waals surface area contributed by atoms with Gasteiger partial charge in [0.05, 0.1) is 18.7 Å². The second kappa shape index (κ2) is 9.84. The summed E-state index contributed by atoms with van der Waals surface area (Å²) >= 11 is 0. The zero-order chi connectivity index (χ0) is 27.3. The zero-order valence-electron chi connectivity index (χ0n) is 22.3. The first-order valence-corrected chi connectivity index (χ1v) is 13.3. The van der Waals surface area contributed by atoms with Crippen LogP contribution in [-0.2, 0) is 11.2 Å². The summed E-state index contributed by atoms with van der Waals surface area (Å²) in [6.45, 7) is 6.53. The van der Waals surface area contributed by atoms with Gasteiger partial charge in [-0.3, -0.25) is 9.78 Å². The highest BCUT2D eigenvalue weighted by molar-refractivity contribution is 5.79. The number of rotatable bonds is 6. The predicted octanol–water partition coefficient (Wildman–Crippen LogP) is 7.50. The molecule has 0 bridgehead atoms. The number of fused-ring (bicyclic) bond motifs is 2. The fraction of sp³-hybridized carbons (Fsp3) is 0.273. The molecule has 0 saturated heterocycles. The lowest BCUT2D eigenvalue weighted by atomic mass is 9.88. The Kier molecular flexibility index (Phi) is 6.34. The number of aryl methyl sites for hydroxylation is 3. The summed E-state index contributed by atoms with van der Waals surface area (Å²) < 4.78 is 27.3. The number of carboxylic acids is 1. The molecule has 0 amide bonds. The molecule has 1 aliphatic heterocycles. The number of ether oxygens (including phenoxy) is 2. The molecule has 2 aliphatic rings. The molecule has 1 N–H and O–H groups in total. The molecule has 2 unspecified atom stereocenters. The molecule has 6 rings (SSSR count). The minimum Gasteiger partial charge on any atom is -0.492 e. The topological polar surface area (TPSA) is 68.7 Å². The van der Waals surface area contributed by atoms with Gasteiger partial charge in [0.1, 0.15) is 23.4 Å². The number of halogens is 1. The fourth-order valence-corrected chi connectivity index (χ4v) is 6.14. The number of carboxylic acid groups (broad SMARTS) is 1. The van der Waals surface area contributed by atoms with E-state index in [0.717, 1.165) is 56.8 Å². The Balaban J connectivity index is 1.31. The normalized spacial score (nSPS) is 17.4. The monoisotopic (exact) mass is 523 g/mol. The van der Waals surface area contributed by atoms with Crippen LogP contribution in [0.25, 0.3) is 22.4 Å². The summed E-state index contributed by atoms with van der Waals surface area (Å²) in [6.07, 6.45) is 1.01. The Hall–Kier alpha value is -4.19. The lowest BCUT2D eigenvalue weighted by Crippen LogP contribution is -2.07. The van der Waals surface area contributed by atoms with E-state index in [1.54, 1.807) is 12.1 Å². The second-order valence-electron chi connectivity index (χ2n) is 10.6. The summed E-state index contributed by atoms with van der Waals surface area (Å²) in [6, 6.07) is 19.3. The first kappa shape index (κ1) is 25.1. The summed E-state index contributed by atoms with van der Waals surface area (Å²) in [4.78, 5) is 15.8. The molecule has 2 atom stereocenters. The summed E-state index contributed by atoms with van der Waals surface area (Å²) in [7, 11) is 0. The minimum absolute atomic E-state index is 0.0263. The van der Waals surface area contributed by atoms with Gasteiger partial charge in [0.2, 0.25) is 0 Å². The van der Waals surface area contributed by atoms with E-state index in [0.29, 0.717) is 30.1 Å². The van der Waals surface area contributed by atoms with Crippen molar-refractivity contribution < 1.29 is 23.8 Å². The van der Waals surface area contributed by atoms with Gasteiger partial charge in [-0.25, -0.2) is 4.39 Å². The molecule has 2 heterocycles. The number of hydrogen-bond acceptors (Lipinski definition) is 4. The Morgan fingerprint density at radius 2 is 1.87 bits per heavy atom. The molecular weight excluding hydrogens is 493 g/mol. The van der Waals surface area contributed by atoms with Gasteiger partial charge in [0.15, 0.2) is 0 Å². The molecule has 3 aromatic carbocycles. The zero-order valence-corrected chi connectivity index (χ0v) is 22.3. The van der Waals surface area contributed by atoms with Gasteiger partial charge in [-0.05, 0) is 97.8 Å². The van der Waals surface area contributed by atoms with Gasteiger partial charge in [-0.2, -0.15) is 0 Å². The first-order valence-electron chi connectivity index (χ1n) is 13.3. The molecule has 6 heteroatoms. The number of pyridine rings is 1. The third kappa shape index (κ3) is 4.65. The van der Waals surface area contributed by atoms with Gasteiger partial charge in [-0.1, -0.05) is 18.2 Å².